The van der Waals surface area contributed by atoms with Gasteiger partial charge in [-0.2, -0.15) is 0 Å². The lowest BCUT2D eigenvalue weighted by molar-refractivity contribution is -0.116. The minimum absolute atomic E-state index is 0.00395. The molecule has 2 N–H and O–H groups in total. The van der Waals surface area contributed by atoms with Crippen LogP contribution in [0.5, 0.6) is 17.2 Å². The summed E-state index contributed by atoms with van der Waals surface area (Å²) in [4.78, 5) is 27.7. The Balaban J connectivity index is 1.52. The van der Waals surface area contributed by atoms with Gasteiger partial charge >= 0.3 is 0 Å². The molecule has 0 saturated carbocycles. The van der Waals surface area contributed by atoms with Gasteiger partial charge in [0.05, 0.1) is 21.3 Å². The van der Waals surface area contributed by atoms with Crippen LogP contribution < -0.4 is 24.8 Å². The van der Waals surface area contributed by atoms with Crippen LogP contribution >= 0.6 is 11.6 Å². The summed E-state index contributed by atoms with van der Waals surface area (Å²) < 4.78 is 16.1. The molecule has 206 valence electrons. The van der Waals surface area contributed by atoms with Gasteiger partial charge in [-0.3, -0.25) is 9.59 Å². The van der Waals surface area contributed by atoms with Gasteiger partial charge in [-0.25, -0.2) is 0 Å². The fraction of sp³-hybridized carbons (Fsp3) is 0.250. The molecule has 8 heteroatoms. The number of carbonyl (C=O) groups is 2. The van der Waals surface area contributed by atoms with Crippen molar-refractivity contribution >= 4 is 29.0 Å². The van der Waals surface area contributed by atoms with E-state index in [1.165, 1.54) is 0 Å². The van der Waals surface area contributed by atoms with Crippen molar-refractivity contribution in [2.45, 2.75) is 31.6 Å². The van der Waals surface area contributed by atoms with Crippen LogP contribution in [0.3, 0.4) is 0 Å². The summed E-state index contributed by atoms with van der Waals surface area (Å²) in [6, 6.07) is 20.2. The Morgan fingerprint density at radius 3 is 2.20 bits per heavy atom. The molecule has 5 rings (SSSR count). The second kappa shape index (κ2) is 11.5. The van der Waals surface area contributed by atoms with Crippen LogP contribution in [0.15, 0.2) is 89.3 Å². The average Bonchev–Trinajstić information content (AvgIpc) is 2.96. The fourth-order valence-corrected chi connectivity index (χ4v) is 5.67. The Kier molecular flexibility index (Phi) is 7.85. The smallest absolute Gasteiger partial charge is 0.254 e. The SMILES string of the molecule is COc1ccc(NC(=O)C2=C(C)NC3=C(C(=O)C[C@@H](c4ccc(OC)c(OC)c4)C3)[C@@H]2c2ccc(Cl)cc2)cc1. The molecule has 3 aromatic rings. The van der Waals surface area contributed by atoms with Gasteiger partial charge in [0.1, 0.15) is 5.75 Å². The quantitative estimate of drug-likeness (QED) is 0.351. The maximum absolute atomic E-state index is 13.9. The largest absolute Gasteiger partial charge is 0.497 e. The van der Waals surface area contributed by atoms with Crippen molar-refractivity contribution in [3.05, 3.63) is 105 Å². The maximum Gasteiger partial charge on any atom is 0.254 e. The highest BCUT2D eigenvalue weighted by atomic mass is 35.5. The third-order valence-electron chi connectivity index (χ3n) is 7.50. The lowest BCUT2D eigenvalue weighted by Gasteiger charge is -2.37. The van der Waals surface area contributed by atoms with E-state index in [4.69, 9.17) is 25.8 Å². The van der Waals surface area contributed by atoms with E-state index in [1.54, 1.807) is 57.7 Å². The molecule has 1 amide bonds. The number of carbonyl (C=O) groups excluding carboxylic acids is 2. The number of rotatable bonds is 7. The molecular weight excluding hydrogens is 528 g/mol. The number of Topliss-reactive ketones (excluding diaryl/α,β-unsaturated/α-hetero) is 1. The molecule has 0 radical (unpaired) electrons. The zero-order valence-corrected chi connectivity index (χ0v) is 23.6. The third kappa shape index (κ3) is 5.29. The predicted molar refractivity (Wildman–Crippen MR) is 155 cm³/mol. The van der Waals surface area contributed by atoms with Crippen LogP contribution in [0.1, 0.15) is 42.7 Å². The summed E-state index contributed by atoms with van der Waals surface area (Å²) in [6.07, 6.45) is 0.928. The zero-order valence-electron chi connectivity index (χ0n) is 22.8. The molecule has 2 atom stereocenters. The number of ether oxygens (including phenoxy) is 3. The summed E-state index contributed by atoms with van der Waals surface area (Å²) in [5.41, 5.74) is 5.09. The van der Waals surface area contributed by atoms with Crippen LogP contribution in [-0.4, -0.2) is 33.0 Å². The molecule has 0 fully saturated rings. The first kappa shape index (κ1) is 27.3. The molecule has 0 unspecified atom stereocenters. The molecule has 0 saturated heterocycles. The number of ketones is 1. The maximum atomic E-state index is 13.9. The molecule has 0 bridgehead atoms. The van der Waals surface area contributed by atoms with Crippen molar-refractivity contribution < 1.29 is 23.8 Å². The Morgan fingerprint density at radius 1 is 0.875 bits per heavy atom. The van der Waals surface area contributed by atoms with Gasteiger partial charge in [-0.05, 0) is 78.9 Å². The first-order valence-electron chi connectivity index (χ1n) is 13.0. The first-order valence-corrected chi connectivity index (χ1v) is 13.4. The van der Waals surface area contributed by atoms with Gasteiger partial charge in [0, 0.05) is 45.6 Å². The van der Waals surface area contributed by atoms with Crippen molar-refractivity contribution in [3.63, 3.8) is 0 Å². The molecule has 0 spiro atoms. The number of hydrogen-bond donors (Lipinski definition) is 2. The third-order valence-corrected chi connectivity index (χ3v) is 7.75. The molecule has 1 aliphatic carbocycles. The highest BCUT2D eigenvalue weighted by Gasteiger charge is 2.41. The van der Waals surface area contributed by atoms with E-state index >= 15 is 0 Å². The summed E-state index contributed by atoms with van der Waals surface area (Å²) >= 11 is 6.20. The summed E-state index contributed by atoms with van der Waals surface area (Å²) in [7, 11) is 4.79. The summed E-state index contributed by atoms with van der Waals surface area (Å²) in [6.45, 7) is 1.88. The highest BCUT2D eigenvalue weighted by Crippen LogP contribution is 2.46. The number of methoxy groups -OCH3 is 3. The van der Waals surface area contributed by atoms with Gasteiger partial charge in [0.15, 0.2) is 17.3 Å². The zero-order chi connectivity index (χ0) is 28.4. The van der Waals surface area contributed by atoms with E-state index in [0.29, 0.717) is 57.6 Å². The van der Waals surface area contributed by atoms with Crippen molar-refractivity contribution in [3.8, 4) is 17.2 Å². The van der Waals surface area contributed by atoms with E-state index in [0.717, 1.165) is 16.8 Å². The second-order valence-electron chi connectivity index (χ2n) is 9.87. The minimum Gasteiger partial charge on any atom is -0.497 e. The van der Waals surface area contributed by atoms with Crippen LogP contribution in [0.2, 0.25) is 5.02 Å². The van der Waals surface area contributed by atoms with Crippen LogP contribution in [0, 0.1) is 0 Å². The topological polar surface area (TPSA) is 85.9 Å². The van der Waals surface area contributed by atoms with Crippen molar-refractivity contribution in [1.82, 2.24) is 5.32 Å². The molecule has 1 heterocycles. The monoisotopic (exact) mass is 558 g/mol. The van der Waals surface area contributed by atoms with Crippen LogP contribution in [0.4, 0.5) is 5.69 Å². The van der Waals surface area contributed by atoms with Crippen molar-refractivity contribution in [2.75, 3.05) is 26.6 Å². The van der Waals surface area contributed by atoms with Crippen molar-refractivity contribution in [2.24, 2.45) is 0 Å². The molecule has 7 nitrogen and oxygen atoms in total. The molecule has 2 aliphatic rings. The van der Waals surface area contributed by atoms with Crippen LogP contribution in [-0.2, 0) is 9.59 Å². The summed E-state index contributed by atoms with van der Waals surface area (Å²) in [5.74, 6) is 1.08. The number of nitrogens with one attached hydrogen (secondary N) is 2. The van der Waals surface area contributed by atoms with Crippen molar-refractivity contribution in [1.29, 1.82) is 0 Å². The summed E-state index contributed by atoms with van der Waals surface area (Å²) in [5, 5.41) is 7.00. The van der Waals surface area contributed by atoms with E-state index in [1.807, 2.05) is 37.3 Å². The van der Waals surface area contributed by atoms with Gasteiger partial charge in [0.2, 0.25) is 0 Å². The predicted octanol–water partition coefficient (Wildman–Crippen LogP) is 6.37. The van der Waals surface area contributed by atoms with Gasteiger partial charge in [0.25, 0.3) is 5.91 Å². The molecule has 3 aromatic carbocycles. The Labute approximate surface area is 238 Å². The molecule has 40 heavy (non-hydrogen) atoms. The Bertz CT molecular complexity index is 1510. The number of allylic oxidation sites excluding steroid dienone is 3. The van der Waals surface area contributed by atoms with E-state index in [9.17, 15) is 9.59 Å². The van der Waals surface area contributed by atoms with Gasteiger partial charge in [-0.15, -0.1) is 0 Å². The second-order valence-corrected chi connectivity index (χ2v) is 10.3. The van der Waals surface area contributed by atoms with E-state index in [-0.39, 0.29) is 17.6 Å². The molecular formula is C32H31ClN2O5. The normalized spacial score (nSPS) is 18.6. The number of hydrogen-bond acceptors (Lipinski definition) is 6. The lowest BCUT2D eigenvalue weighted by Crippen LogP contribution is -2.37. The van der Waals surface area contributed by atoms with Gasteiger partial charge < -0.3 is 24.8 Å². The van der Waals surface area contributed by atoms with Gasteiger partial charge in [-0.1, -0.05) is 29.8 Å². The highest BCUT2D eigenvalue weighted by molar-refractivity contribution is 6.30. The number of amides is 1. The standard InChI is InChI=1S/C32H31ClN2O5/c1-18-29(32(37)35-23-10-12-24(38-2)13-11-23)30(19-5-8-22(33)9-6-19)31-25(34-18)15-21(16-26(31)36)20-7-14-27(39-3)28(17-20)40-4/h5-14,17,21,30,34H,15-16H2,1-4H3,(H,35,37)/t21-,30+/m0/s1. The number of dihydropyridines is 1. The van der Waals surface area contributed by atoms with E-state index in [2.05, 4.69) is 10.6 Å². The van der Waals surface area contributed by atoms with E-state index < -0.39 is 5.92 Å². The molecule has 0 aromatic heterocycles. The Morgan fingerprint density at radius 2 is 1.55 bits per heavy atom. The number of halogens is 1. The number of anilines is 1. The average molecular weight is 559 g/mol. The molecule has 1 aliphatic heterocycles. The Hall–Kier alpha value is -4.23. The van der Waals surface area contributed by atoms with Crippen LogP contribution in [0.25, 0.3) is 0 Å². The first-order chi connectivity index (χ1) is 19.3. The number of benzene rings is 3. The minimum atomic E-state index is -0.536. The lowest BCUT2D eigenvalue weighted by atomic mass is 9.71. The fourth-order valence-electron chi connectivity index (χ4n) is 5.54.